The number of hydrogen-bond donors (Lipinski definition) is 3. The van der Waals surface area contributed by atoms with E-state index in [0.29, 0.717) is 0 Å². The molecule has 0 amide bonds. The van der Waals surface area contributed by atoms with Gasteiger partial charge in [0.2, 0.25) is 0 Å². The number of rotatable bonds is 4. The van der Waals surface area contributed by atoms with Gasteiger partial charge >= 0.3 is 0 Å². The predicted octanol–water partition coefficient (Wildman–Crippen LogP) is 2.26. The van der Waals surface area contributed by atoms with Crippen molar-refractivity contribution in [2.75, 3.05) is 17.6 Å². The van der Waals surface area contributed by atoms with E-state index in [0.717, 1.165) is 40.3 Å². The first-order valence-corrected chi connectivity index (χ1v) is 6.56. The summed E-state index contributed by atoms with van der Waals surface area (Å²) in [6.07, 6.45) is 4.49. The molecule has 0 unspecified atom stereocenters. The van der Waals surface area contributed by atoms with E-state index in [1.165, 1.54) is 0 Å². The van der Waals surface area contributed by atoms with Crippen LogP contribution in [-0.4, -0.2) is 21.7 Å². The van der Waals surface area contributed by atoms with Crippen molar-refractivity contribution < 1.29 is 0 Å². The normalized spacial score (nSPS) is 10.9. The van der Waals surface area contributed by atoms with Gasteiger partial charge in [0.1, 0.15) is 0 Å². The number of anilines is 2. The van der Waals surface area contributed by atoms with E-state index in [2.05, 4.69) is 20.5 Å². The van der Waals surface area contributed by atoms with E-state index < -0.39 is 0 Å². The van der Waals surface area contributed by atoms with Gasteiger partial charge in [0.15, 0.2) is 0 Å². The number of benzene rings is 1. The highest BCUT2D eigenvalue weighted by atomic mass is 32.1. The molecule has 5 nitrogen and oxygen atoms in total. The Morgan fingerprint density at radius 1 is 1.39 bits per heavy atom. The minimum atomic E-state index is 0.739. The number of fused-ring (bicyclic) bond motifs is 1. The molecule has 0 radical (unpaired) electrons. The van der Waals surface area contributed by atoms with Gasteiger partial charge in [0, 0.05) is 29.9 Å². The Bertz CT molecular complexity index is 644. The first kappa shape index (κ1) is 11.0. The summed E-state index contributed by atoms with van der Waals surface area (Å²) in [6, 6.07) is 3.91. The topological polar surface area (TPSA) is 79.6 Å². The molecule has 3 rings (SSSR count). The van der Waals surface area contributed by atoms with Gasteiger partial charge in [-0.25, -0.2) is 4.98 Å². The third-order valence-corrected chi connectivity index (χ3v) is 3.59. The van der Waals surface area contributed by atoms with Crippen LogP contribution in [0.4, 0.5) is 11.4 Å². The fourth-order valence-electron chi connectivity index (χ4n) is 1.84. The van der Waals surface area contributed by atoms with E-state index in [1.54, 1.807) is 17.5 Å². The Balaban J connectivity index is 1.71. The molecule has 0 aliphatic rings. The zero-order chi connectivity index (χ0) is 12.4. The van der Waals surface area contributed by atoms with Crippen molar-refractivity contribution in [3.63, 3.8) is 0 Å². The maximum atomic E-state index is 5.99. The van der Waals surface area contributed by atoms with Gasteiger partial charge < -0.3 is 11.1 Å². The molecule has 0 saturated carbocycles. The van der Waals surface area contributed by atoms with Crippen LogP contribution in [0.25, 0.3) is 10.9 Å². The molecule has 0 spiro atoms. The number of thiazole rings is 1. The summed E-state index contributed by atoms with van der Waals surface area (Å²) < 4.78 is 0. The van der Waals surface area contributed by atoms with Crippen molar-refractivity contribution >= 4 is 33.6 Å². The second-order valence-corrected chi connectivity index (χ2v) is 4.98. The van der Waals surface area contributed by atoms with E-state index in [9.17, 15) is 0 Å². The lowest BCUT2D eigenvalue weighted by Crippen LogP contribution is -2.06. The zero-order valence-corrected chi connectivity index (χ0v) is 10.5. The Morgan fingerprint density at radius 3 is 3.17 bits per heavy atom. The lowest BCUT2D eigenvalue weighted by molar-refractivity contribution is 0.999. The molecule has 2 heterocycles. The van der Waals surface area contributed by atoms with Crippen molar-refractivity contribution in [3.05, 3.63) is 34.9 Å². The van der Waals surface area contributed by atoms with Crippen molar-refractivity contribution in [2.24, 2.45) is 0 Å². The number of nitrogens with two attached hydrogens (primary N) is 1. The molecule has 3 aromatic rings. The molecule has 0 fully saturated rings. The molecule has 2 aromatic heterocycles. The van der Waals surface area contributed by atoms with E-state index in [4.69, 9.17) is 5.73 Å². The Labute approximate surface area is 108 Å². The summed E-state index contributed by atoms with van der Waals surface area (Å²) in [6.45, 7) is 0.817. The molecule has 92 valence electrons. The summed E-state index contributed by atoms with van der Waals surface area (Å²) >= 11 is 1.67. The monoisotopic (exact) mass is 259 g/mol. The molecule has 18 heavy (non-hydrogen) atoms. The van der Waals surface area contributed by atoms with Crippen molar-refractivity contribution in [1.29, 1.82) is 0 Å². The Morgan fingerprint density at radius 2 is 2.33 bits per heavy atom. The van der Waals surface area contributed by atoms with E-state index in [-0.39, 0.29) is 0 Å². The summed E-state index contributed by atoms with van der Waals surface area (Å²) in [5, 5.41) is 14.4. The van der Waals surface area contributed by atoms with Crippen LogP contribution in [0.5, 0.6) is 0 Å². The number of H-pyrrole nitrogens is 1. The van der Waals surface area contributed by atoms with Gasteiger partial charge in [-0.3, -0.25) is 5.10 Å². The minimum Gasteiger partial charge on any atom is -0.397 e. The summed E-state index contributed by atoms with van der Waals surface area (Å²) in [4.78, 5) is 4.24. The standard InChI is InChI=1S/C12H13N5S/c13-9-5-8-7-16-17-10(8)6-11(9)14-2-1-12-15-3-4-18-12/h3-7,14H,1-2,13H2,(H,16,17). The highest BCUT2D eigenvalue weighted by Crippen LogP contribution is 2.24. The average Bonchev–Trinajstić information content (AvgIpc) is 3.00. The summed E-state index contributed by atoms with van der Waals surface area (Å²) in [5.74, 6) is 0. The van der Waals surface area contributed by atoms with Gasteiger partial charge in [0.05, 0.1) is 28.1 Å². The molecule has 1 aromatic carbocycles. The van der Waals surface area contributed by atoms with Crippen LogP contribution in [0.1, 0.15) is 5.01 Å². The van der Waals surface area contributed by atoms with Crippen LogP contribution >= 0.6 is 11.3 Å². The van der Waals surface area contributed by atoms with Crippen LogP contribution in [0.3, 0.4) is 0 Å². The third-order valence-electron chi connectivity index (χ3n) is 2.75. The molecule has 6 heteroatoms. The maximum absolute atomic E-state index is 5.99. The highest BCUT2D eigenvalue weighted by molar-refractivity contribution is 7.09. The van der Waals surface area contributed by atoms with Gasteiger partial charge in [-0.15, -0.1) is 11.3 Å². The van der Waals surface area contributed by atoms with Gasteiger partial charge in [-0.05, 0) is 12.1 Å². The van der Waals surface area contributed by atoms with Gasteiger partial charge in [-0.2, -0.15) is 5.10 Å². The smallest absolute Gasteiger partial charge is 0.0942 e. The molecule has 0 atom stereocenters. The second-order valence-electron chi connectivity index (χ2n) is 4.00. The number of nitrogens with zero attached hydrogens (tertiary/aromatic N) is 2. The van der Waals surface area contributed by atoms with Crippen LogP contribution in [0, 0.1) is 0 Å². The van der Waals surface area contributed by atoms with Crippen LogP contribution in [0.15, 0.2) is 29.9 Å². The van der Waals surface area contributed by atoms with E-state index >= 15 is 0 Å². The fourth-order valence-corrected chi connectivity index (χ4v) is 2.46. The number of aromatic nitrogens is 3. The molecule has 0 saturated heterocycles. The molecular weight excluding hydrogens is 246 g/mol. The quantitative estimate of drug-likeness (QED) is 0.628. The molecule has 0 bridgehead atoms. The van der Waals surface area contributed by atoms with Crippen LogP contribution < -0.4 is 11.1 Å². The molecule has 0 aliphatic carbocycles. The average molecular weight is 259 g/mol. The van der Waals surface area contributed by atoms with Gasteiger partial charge in [0.25, 0.3) is 0 Å². The SMILES string of the molecule is Nc1cc2cn[nH]c2cc1NCCc1nccs1. The Kier molecular flexibility index (Phi) is 2.85. The maximum Gasteiger partial charge on any atom is 0.0942 e. The summed E-state index contributed by atoms with van der Waals surface area (Å²) in [7, 11) is 0. The van der Waals surface area contributed by atoms with Crippen LogP contribution in [-0.2, 0) is 6.42 Å². The Hall–Kier alpha value is -2.08. The number of aromatic amines is 1. The first-order valence-electron chi connectivity index (χ1n) is 5.68. The van der Waals surface area contributed by atoms with Crippen molar-refractivity contribution in [3.8, 4) is 0 Å². The molecular formula is C12H13N5S. The molecule has 4 N–H and O–H groups in total. The van der Waals surface area contributed by atoms with Gasteiger partial charge in [-0.1, -0.05) is 0 Å². The van der Waals surface area contributed by atoms with Crippen molar-refractivity contribution in [2.45, 2.75) is 6.42 Å². The summed E-state index contributed by atoms with van der Waals surface area (Å²) in [5.41, 5.74) is 8.65. The number of hydrogen-bond acceptors (Lipinski definition) is 5. The van der Waals surface area contributed by atoms with E-state index in [1.807, 2.05) is 23.7 Å². The lowest BCUT2D eigenvalue weighted by atomic mass is 10.2. The third kappa shape index (κ3) is 2.14. The largest absolute Gasteiger partial charge is 0.397 e. The highest BCUT2D eigenvalue weighted by Gasteiger charge is 2.03. The van der Waals surface area contributed by atoms with Crippen molar-refractivity contribution in [1.82, 2.24) is 15.2 Å². The zero-order valence-electron chi connectivity index (χ0n) is 9.68. The minimum absolute atomic E-state index is 0.739. The predicted molar refractivity (Wildman–Crippen MR) is 74.8 cm³/mol. The lowest BCUT2D eigenvalue weighted by Gasteiger charge is -2.08. The number of nitrogens with one attached hydrogen (secondary N) is 2. The fraction of sp³-hybridized carbons (Fsp3) is 0.167. The second kappa shape index (κ2) is 4.66. The first-order chi connectivity index (χ1) is 8.83. The van der Waals surface area contributed by atoms with Crippen LogP contribution in [0.2, 0.25) is 0 Å². The molecule has 0 aliphatic heterocycles. The number of nitrogen functional groups attached to an aromatic ring is 1.